The molecule has 0 aliphatic carbocycles. The van der Waals surface area contributed by atoms with E-state index in [0.717, 1.165) is 67.4 Å². The molecule has 10 nitrogen and oxygen atoms in total. The fourth-order valence-corrected chi connectivity index (χ4v) is 6.06. The summed E-state index contributed by atoms with van der Waals surface area (Å²) in [5, 5.41) is 11.2. The largest absolute Gasteiger partial charge is 0.483 e. The summed E-state index contributed by atoms with van der Waals surface area (Å²) in [5.41, 5.74) is 3.68. The molecule has 0 saturated carbocycles. The zero-order chi connectivity index (χ0) is 32.4. The molecule has 236 valence electrons. The summed E-state index contributed by atoms with van der Waals surface area (Å²) in [6.07, 6.45) is 4.69. The molecule has 0 unspecified atom stereocenters. The first-order valence-corrected chi connectivity index (χ1v) is 15.7. The number of carboxylic acid groups (broad SMARTS) is 1. The number of carbonyl (C=O) groups is 1. The number of hydrogen-bond acceptors (Lipinski definition) is 7. The van der Waals surface area contributed by atoms with Crippen molar-refractivity contribution in [2.45, 2.75) is 31.7 Å². The molecule has 5 rings (SSSR count). The average Bonchev–Trinajstić information content (AvgIpc) is 3.42. The van der Waals surface area contributed by atoms with Crippen LogP contribution in [-0.4, -0.2) is 59.1 Å². The lowest BCUT2D eigenvalue weighted by molar-refractivity contribution is -0.122. The predicted octanol–water partition coefficient (Wildman–Crippen LogP) is 6.35. The summed E-state index contributed by atoms with van der Waals surface area (Å²) in [5.74, 6) is -1.78. The molecule has 5 aromatic rings. The van der Waals surface area contributed by atoms with Crippen LogP contribution in [0.25, 0.3) is 22.2 Å². The van der Waals surface area contributed by atoms with E-state index in [1.165, 1.54) is 24.0 Å². The van der Waals surface area contributed by atoms with E-state index in [0.29, 0.717) is 11.5 Å². The Morgan fingerprint density at radius 3 is 2.27 bits per heavy atom. The average molecular weight is 637 g/mol. The monoisotopic (exact) mass is 636 g/mol. The summed E-state index contributed by atoms with van der Waals surface area (Å²) in [4.78, 5) is 18.5. The van der Waals surface area contributed by atoms with Gasteiger partial charge < -0.3 is 19.9 Å². The van der Waals surface area contributed by atoms with E-state index in [4.69, 9.17) is 9.90 Å². The maximum atomic E-state index is 14.0. The first-order chi connectivity index (χ1) is 21.7. The lowest BCUT2D eigenvalue weighted by Gasteiger charge is -2.18. The van der Waals surface area contributed by atoms with Crippen LogP contribution >= 0.6 is 0 Å². The van der Waals surface area contributed by atoms with Crippen molar-refractivity contribution < 1.29 is 27.1 Å². The Labute approximate surface area is 260 Å². The van der Waals surface area contributed by atoms with E-state index >= 15 is 0 Å². The fourth-order valence-electron chi connectivity index (χ4n) is 4.86. The van der Waals surface area contributed by atoms with Gasteiger partial charge in [0.2, 0.25) is 0 Å². The number of aromatic nitrogens is 3. The number of hydrogen-bond donors (Lipinski definition) is 3. The van der Waals surface area contributed by atoms with Crippen molar-refractivity contribution in [3.8, 4) is 11.3 Å². The molecule has 0 atom stereocenters. The summed E-state index contributed by atoms with van der Waals surface area (Å²) in [6.45, 7) is 8.29. The van der Waals surface area contributed by atoms with Crippen molar-refractivity contribution in [1.82, 2.24) is 19.4 Å². The van der Waals surface area contributed by atoms with Gasteiger partial charge in [-0.15, -0.1) is 0 Å². The highest BCUT2D eigenvalue weighted by molar-refractivity contribution is 7.92. The van der Waals surface area contributed by atoms with Crippen LogP contribution in [0.1, 0.15) is 20.3 Å². The summed E-state index contributed by atoms with van der Waals surface area (Å²) >= 11 is 0. The molecule has 3 aromatic carbocycles. The van der Waals surface area contributed by atoms with E-state index in [1.807, 2.05) is 6.07 Å². The normalized spacial score (nSPS) is 11.2. The molecule has 0 aliphatic heterocycles. The Morgan fingerprint density at radius 2 is 1.60 bits per heavy atom. The zero-order valence-corrected chi connectivity index (χ0v) is 25.6. The Morgan fingerprint density at radius 1 is 0.933 bits per heavy atom. The first-order valence-electron chi connectivity index (χ1n) is 14.2. The molecule has 2 aromatic heterocycles. The van der Waals surface area contributed by atoms with Crippen LogP contribution in [0.5, 0.6) is 0 Å². The second kappa shape index (κ2) is 15.2. The van der Waals surface area contributed by atoms with E-state index in [9.17, 15) is 17.2 Å². The molecule has 2 heterocycles. The molecular weight excluding hydrogens is 602 g/mol. The van der Waals surface area contributed by atoms with Crippen LogP contribution in [0.2, 0.25) is 0 Å². The van der Waals surface area contributed by atoms with Gasteiger partial charge in [0.15, 0.2) is 4.90 Å². The first kappa shape index (κ1) is 33.0. The Kier molecular flexibility index (Phi) is 11.2. The van der Waals surface area contributed by atoms with Crippen LogP contribution in [0.3, 0.4) is 0 Å². The van der Waals surface area contributed by atoms with Crippen LogP contribution in [-0.2, 0) is 21.4 Å². The Balaban J connectivity index is 0.00000148. The van der Waals surface area contributed by atoms with E-state index in [-0.39, 0.29) is 12.2 Å². The number of anilines is 3. The van der Waals surface area contributed by atoms with Crippen molar-refractivity contribution in [2.24, 2.45) is 0 Å². The zero-order valence-electron chi connectivity index (χ0n) is 24.8. The maximum Gasteiger partial charge on any atom is 0.290 e. The van der Waals surface area contributed by atoms with Crippen molar-refractivity contribution in [3.63, 3.8) is 0 Å². The van der Waals surface area contributed by atoms with E-state index < -0.39 is 26.6 Å². The third-order valence-corrected chi connectivity index (χ3v) is 8.53. The molecular formula is C32H34F2N6O4S. The standard InChI is InChI=1S/C31H32F2N6O2S.CH2O2/c1-3-38(4-2)16-6-17-39-18-15-23-19-22(9-14-29(23)39)28-20-30(35-21-34-28)36-24-10-12-25(13-11-24)37-42(40,41)31-26(32)7-5-8-27(31)33;2-1-3/h5,7-15,18-21,37H,3-4,6,16-17H2,1-2H3,(H,34,35,36);1H,(H,2,3). The molecule has 0 fully saturated rings. The smallest absolute Gasteiger partial charge is 0.290 e. The molecule has 0 spiro atoms. The quantitative estimate of drug-likeness (QED) is 0.135. The Hall–Kier alpha value is -4.88. The van der Waals surface area contributed by atoms with Gasteiger partial charge in [0.05, 0.1) is 5.69 Å². The minimum Gasteiger partial charge on any atom is -0.483 e. The van der Waals surface area contributed by atoms with Crippen molar-refractivity contribution in [2.75, 3.05) is 29.7 Å². The van der Waals surface area contributed by atoms with Gasteiger partial charge in [-0.05, 0) is 80.7 Å². The second-order valence-electron chi connectivity index (χ2n) is 9.92. The van der Waals surface area contributed by atoms with Gasteiger partial charge in [0, 0.05) is 46.6 Å². The summed E-state index contributed by atoms with van der Waals surface area (Å²) in [7, 11) is -4.45. The van der Waals surface area contributed by atoms with Gasteiger partial charge in [-0.2, -0.15) is 0 Å². The van der Waals surface area contributed by atoms with Crippen LogP contribution < -0.4 is 10.0 Å². The van der Waals surface area contributed by atoms with Gasteiger partial charge in [0.1, 0.15) is 23.8 Å². The lowest BCUT2D eigenvalue weighted by Crippen LogP contribution is -2.24. The SMILES string of the molecule is CCN(CC)CCCn1ccc2cc(-c3cc(Nc4ccc(NS(=O)(=O)c5c(F)cccc5F)cc4)ncn3)ccc21.O=CO. The van der Waals surface area contributed by atoms with Gasteiger partial charge >= 0.3 is 0 Å². The van der Waals surface area contributed by atoms with Crippen molar-refractivity contribution >= 4 is 44.6 Å². The third kappa shape index (κ3) is 8.40. The number of nitrogens with one attached hydrogen (secondary N) is 2. The van der Waals surface area contributed by atoms with Gasteiger partial charge in [0.25, 0.3) is 16.5 Å². The van der Waals surface area contributed by atoms with E-state index in [2.05, 4.69) is 73.8 Å². The number of nitrogens with zero attached hydrogens (tertiary/aromatic N) is 4. The number of halogens is 2. The van der Waals surface area contributed by atoms with Crippen molar-refractivity contribution in [3.05, 3.63) is 97.0 Å². The van der Waals surface area contributed by atoms with Crippen LogP contribution in [0.15, 0.2) is 90.2 Å². The van der Waals surface area contributed by atoms with Crippen LogP contribution in [0.4, 0.5) is 26.0 Å². The number of aryl methyl sites for hydroxylation is 1. The molecule has 13 heteroatoms. The van der Waals surface area contributed by atoms with Gasteiger partial charge in [-0.3, -0.25) is 9.52 Å². The molecule has 0 aliphatic rings. The molecule has 3 N–H and O–H groups in total. The topological polar surface area (TPSA) is 129 Å². The second-order valence-corrected chi connectivity index (χ2v) is 11.5. The van der Waals surface area contributed by atoms with Crippen LogP contribution in [0, 0.1) is 11.6 Å². The molecule has 45 heavy (non-hydrogen) atoms. The van der Waals surface area contributed by atoms with Gasteiger partial charge in [-0.25, -0.2) is 27.2 Å². The number of fused-ring (bicyclic) bond motifs is 1. The molecule has 0 amide bonds. The summed E-state index contributed by atoms with van der Waals surface area (Å²) < 4.78 is 57.6. The van der Waals surface area contributed by atoms with Gasteiger partial charge in [-0.1, -0.05) is 26.0 Å². The molecule has 0 saturated heterocycles. The molecule has 0 bridgehead atoms. The predicted molar refractivity (Wildman–Crippen MR) is 171 cm³/mol. The minimum atomic E-state index is -4.45. The van der Waals surface area contributed by atoms with E-state index in [1.54, 1.807) is 12.1 Å². The molecule has 0 radical (unpaired) electrons. The fraction of sp³-hybridized carbons (Fsp3) is 0.219. The summed E-state index contributed by atoms with van der Waals surface area (Å²) in [6, 6.07) is 19.4. The lowest BCUT2D eigenvalue weighted by atomic mass is 10.1. The van der Waals surface area contributed by atoms with Crippen molar-refractivity contribution in [1.29, 1.82) is 0 Å². The third-order valence-electron chi connectivity index (χ3n) is 7.10. The number of benzene rings is 3. The maximum absolute atomic E-state index is 14.0. The minimum absolute atomic E-state index is 0.153. The highest BCUT2D eigenvalue weighted by Gasteiger charge is 2.23. The highest BCUT2D eigenvalue weighted by Crippen LogP contribution is 2.27. The number of rotatable bonds is 12. The highest BCUT2D eigenvalue weighted by atomic mass is 32.2. The number of sulfonamides is 1. The Bertz CT molecular complexity index is 1820.